The highest BCUT2D eigenvalue weighted by Crippen LogP contribution is 2.22. The standard InChI is InChI=1S/C12H15N3O/c1-4-11(12(2,3)16)15-13-9-7-5-6-8-10(9)14-15/h4-8,11,16H,1H2,2-3H3. The average molecular weight is 217 g/mol. The fourth-order valence-corrected chi connectivity index (χ4v) is 1.67. The van der Waals surface area contributed by atoms with Gasteiger partial charge in [0.15, 0.2) is 0 Å². The molecule has 1 aromatic heterocycles. The lowest BCUT2D eigenvalue weighted by molar-refractivity contribution is 0.0328. The minimum atomic E-state index is -0.934. The van der Waals surface area contributed by atoms with Crippen molar-refractivity contribution in [1.82, 2.24) is 15.0 Å². The molecule has 16 heavy (non-hydrogen) atoms. The van der Waals surface area contributed by atoms with Gasteiger partial charge in [0.25, 0.3) is 0 Å². The molecule has 0 amide bonds. The molecule has 0 saturated heterocycles. The van der Waals surface area contributed by atoms with Gasteiger partial charge in [-0.3, -0.25) is 0 Å². The second-order valence-corrected chi connectivity index (χ2v) is 4.34. The van der Waals surface area contributed by atoms with Gasteiger partial charge in [-0.25, -0.2) is 0 Å². The van der Waals surface area contributed by atoms with Gasteiger partial charge >= 0.3 is 0 Å². The summed E-state index contributed by atoms with van der Waals surface area (Å²) in [6.07, 6.45) is 1.65. The van der Waals surface area contributed by atoms with E-state index in [4.69, 9.17) is 0 Å². The van der Waals surface area contributed by atoms with E-state index >= 15 is 0 Å². The number of benzene rings is 1. The highest BCUT2D eigenvalue weighted by molar-refractivity contribution is 5.73. The zero-order chi connectivity index (χ0) is 11.8. The van der Waals surface area contributed by atoms with Crippen LogP contribution >= 0.6 is 0 Å². The molecular weight excluding hydrogens is 202 g/mol. The van der Waals surface area contributed by atoms with Crippen molar-refractivity contribution in [1.29, 1.82) is 0 Å². The average Bonchev–Trinajstić information content (AvgIpc) is 2.59. The third-order valence-electron chi connectivity index (χ3n) is 2.50. The summed E-state index contributed by atoms with van der Waals surface area (Å²) in [6.45, 7) is 7.14. The van der Waals surface area contributed by atoms with E-state index in [-0.39, 0.29) is 6.04 Å². The Bertz CT molecular complexity index is 477. The zero-order valence-electron chi connectivity index (χ0n) is 9.46. The molecule has 1 aromatic carbocycles. The number of nitrogens with zero attached hydrogens (tertiary/aromatic N) is 3. The number of hydrogen-bond donors (Lipinski definition) is 1. The lowest BCUT2D eigenvalue weighted by Crippen LogP contribution is -2.33. The molecule has 0 aliphatic rings. The largest absolute Gasteiger partial charge is 0.388 e. The van der Waals surface area contributed by atoms with Crippen LogP contribution in [0.1, 0.15) is 19.9 Å². The van der Waals surface area contributed by atoms with Crippen molar-refractivity contribution in [2.24, 2.45) is 0 Å². The number of fused-ring (bicyclic) bond motifs is 1. The number of aliphatic hydroxyl groups is 1. The molecule has 2 rings (SSSR count). The van der Waals surface area contributed by atoms with Gasteiger partial charge in [0.2, 0.25) is 0 Å². The van der Waals surface area contributed by atoms with E-state index in [2.05, 4.69) is 16.8 Å². The molecule has 0 radical (unpaired) electrons. The molecule has 0 fully saturated rings. The molecule has 0 saturated carbocycles. The number of hydrogen-bond acceptors (Lipinski definition) is 3. The van der Waals surface area contributed by atoms with E-state index in [1.807, 2.05) is 24.3 Å². The highest BCUT2D eigenvalue weighted by Gasteiger charge is 2.27. The summed E-state index contributed by atoms with van der Waals surface area (Å²) < 4.78 is 0. The van der Waals surface area contributed by atoms with Crippen molar-refractivity contribution in [2.75, 3.05) is 0 Å². The van der Waals surface area contributed by atoms with Crippen LogP contribution in [-0.2, 0) is 0 Å². The van der Waals surface area contributed by atoms with Crippen LogP contribution in [0.5, 0.6) is 0 Å². The summed E-state index contributed by atoms with van der Waals surface area (Å²) in [4.78, 5) is 1.51. The quantitative estimate of drug-likeness (QED) is 0.799. The minimum Gasteiger partial charge on any atom is -0.388 e. The Balaban J connectivity index is 2.50. The first-order valence-corrected chi connectivity index (χ1v) is 5.19. The van der Waals surface area contributed by atoms with Crippen molar-refractivity contribution in [3.63, 3.8) is 0 Å². The molecular formula is C12H15N3O. The van der Waals surface area contributed by atoms with E-state index in [1.54, 1.807) is 19.9 Å². The Hall–Kier alpha value is -1.68. The van der Waals surface area contributed by atoms with E-state index in [1.165, 1.54) is 4.80 Å². The van der Waals surface area contributed by atoms with E-state index in [0.717, 1.165) is 11.0 Å². The van der Waals surface area contributed by atoms with Crippen LogP contribution in [-0.4, -0.2) is 25.7 Å². The molecule has 84 valence electrons. The Morgan fingerprint density at radius 1 is 1.31 bits per heavy atom. The third kappa shape index (κ3) is 1.84. The molecule has 0 aliphatic carbocycles. The van der Waals surface area contributed by atoms with Crippen molar-refractivity contribution in [2.45, 2.75) is 25.5 Å². The summed E-state index contributed by atoms with van der Waals surface area (Å²) in [5, 5.41) is 18.6. The first kappa shape index (κ1) is 10.8. The molecule has 1 atom stereocenters. The summed E-state index contributed by atoms with van der Waals surface area (Å²) in [6, 6.07) is 7.27. The van der Waals surface area contributed by atoms with Crippen LogP contribution in [0.2, 0.25) is 0 Å². The van der Waals surface area contributed by atoms with Gasteiger partial charge in [0.1, 0.15) is 17.1 Å². The summed E-state index contributed by atoms with van der Waals surface area (Å²) in [5.74, 6) is 0. The maximum absolute atomic E-state index is 9.98. The van der Waals surface area contributed by atoms with Gasteiger partial charge in [0, 0.05) is 0 Å². The summed E-state index contributed by atoms with van der Waals surface area (Å²) >= 11 is 0. The smallest absolute Gasteiger partial charge is 0.117 e. The molecule has 4 nitrogen and oxygen atoms in total. The molecule has 0 spiro atoms. The number of aromatic nitrogens is 3. The van der Waals surface area contributed by atoms with Gasteiger partial charge in [0.05, 0.1) is 5.60 Å². The first-order chi connectivity index (χ1) is 7.52. The van der Waals surface area contributed by atoms with Crippen molar-refractivity contribution >= 4 is 11.0 Å². The monoisotopic (exact) mass is 217 g/mol. The Morgan fingerprint density at radius 3 is 2.19 bits per heavy atom. The van der Waals surface area contributed by atoms with Crippen molar-refractivity contribution < 1.29 is 5.11 Å². The lowest BCUT2D eigenvalue weighted by Gasteiger charge is -2.25. The van der Waals surface area contributed by atoms with Crippen LogP contribution in [0.3, 0.4) is 0 Å². The van der Waals surface area contributed by atoms with Crippen LogP contribution in [0.25, 0.3) is 11.0 Å². The SMILES string of the molecule is C=CC(n1nc2ccccc2n1)C(C)(C)O. The zero-order valence-corrected chi connectivity index (χ0v) is 9.46. The van der Waals surface area contributed by atoms with Gasteiger partial charge in [-0.15, -0.1) is 6.58 Å². The second kappa shape index (κ2) is 3.72. The Kier molecular flexibility index (Phi) is 2.52. The normalized spacial score (nSPS) is 13.9. The second-order valence-electron chi connectivity index (χ2n) is 4.34. The Labute approximate surface area is 94.2 Å². The predicted molar refractivity (Wildman–Crippen MR) is 63.1 cm³/mol. The maximum atomic E-state index is 9.98. The van der Waals surface area contributed by atoms with Crippen LogP contribution in [0.4, 0.5) is 0 Å². The molecule has 1 heterocycles. The van der Waals surface area contributed by atoms with Gasteiger partial charge in [-0.05, 0) is 26.0 Å². The van der Waals surface area contributed by atoms with E-state index in [0.29, 0.717) is 0 Å². The molecule has 1 N–H and O–H groups in total. The fourth-order valence-electron chi connectivity index (χ4n) is 1.67. The number of rotatable bonds is 3. The summed E-state index contributed by atoms with van der Waals surface area (Å²) in [5.41, 5.74) is 0.703. The fraction of sp³-hybridized carbons (Fsp3) is 0.333. The van der Waals surface area contributed by atoms with Crippen molar-refractivity contribution in [3.05, 3.63) is 36.9 Å². The van der Waals surface area contributed by atoms with E-state index in [9.17, 15) is 5.11 Å². The topological polar surface area (TPSA) is 50.9 Å². The maximum Gasteiger partial charge on any atom is 0.117 e. The van der Waals surface area contributed by atoms with Gasteiger partial charge in [-0.2, -0.15) is 15.0 Å². The lowest BCUT2D eigenvalue weighted by atomic mass is 10.00. The van der Waals surface area contributed by atoms with E-state index < -0.39 is 5.60 Å². The molecule has 2 aromatic rings. The molecule has 1 unspecified atom stereocenters. The highest BCUT2D eigenvalue weighted by atomic mass is 16.3. The predicted octanol–water partition coefficient (Wildman–Crippen LogP) is 1.93. The Morgan fingerprint density at radius 2 is 1.81 bits per heavy atom. The van der Waals surface area contributed by atoms with Crippen molar-refractivity contribution in [3.8, 4) is 0 Å². The molecule has 0 aliphatic heterocycles. The molecule has 4 heteroatoms. The first-order valence-electron chi connectivity index (χ1n) is 5.19. The van der Waals surface area contributed by atoms with Gasteiger partial charge in [-0.1, -0.05) is 18.2 Å². The van der Waals surface area contributed by atoms with Crippen LogP contribution in [0.15, 0.2) is 36.9 Å². The molecule has 0 bridgehead atoms. The third-order valence-corrected chi connectivity index (χ3v) is 2.50. The summed E-state index contributed by atoms with van der Waals surface area (Å²) in [7, 11) is 0. The van der Waals surface area contributed by atoms with Crippen LogP contribution in [0, 0.1) is 0 Å². The van der Waals surface area contributed by atoms with Crippen LogP contribution < -0.4 is 0 Å². The minimum absolute atomic E-state index is 0.333. The van der Waals surface area contributed by atoms with Gasteiger partial charge < -0.3 is 5.11 Å².